The molecule has 0 aliphatic carbocycles. The molecule has 2 nitrogen and oxygen atoms in total. The molecule has 1 aromatic carbocycles. The number of nitrogens with zero attached hydrogens (tertiary/aromatic N) is 1. The van der Waals surface area contributed by atoms with Crippen molar-refractivity contribution in [2.24, 2.45) is 0 Å². The molecule has 2 aromatic rings. The zero-order chi connectivity index (χ0) is 10.4. The van der Waals surface area contributed by atoms with Gasteiger partial charge in [0.2, 0.25) is 0 Å². The monoisotopic (exact) mass is 221 g/mol. The van der Waals surface area contributed by atoms with Crippen LogP contribution >= 0.6 is 11.6 Å². The largest absolute Gasteiger partial charge is 0.393 e. The number of benzene rings is 1. The summed E-state index contributed by atoms with van der Waals surface area (Å²) in [4.78, 5) is 0. The van der Waals surface area contributed by atoms with Gasteiger partial charge < -0.3 is 9.67 Å². The first-order valence-electron chi connectivity index (χ1n) is 5.20. The fourth-order valence-corrected chi connectivity index (χ4v) is 2.66. The Bertz CT molecular complexity index is 518. The third kappa shape index (κ3) is 1.36. The molecule has 1 atom stereocenters. The Morgan fingerprint density at radius 2 is 2.27 bits per heavy atom. The maximum Gasteiger partial charge on any atom is 0.0671 e. The summed E-state index contributed by atoms with van der Waals surface area (Å²) in [5, 5.41) is 11.6. The molecule has 1 aromatic heterocycles. The van der Waals surface area contributed by atoms with Crippen LogP contribution in [0.4, 0.5) is 0 Å². The highest BCUT2D eigenvalue weighted by Crippen LogP contribution is 2.30. The quantitative estimate of drug-likeness (QED) is 0.727. The van der Waals surface area contributed by atoms with Crippen LogP contribution in [-0.4, -0.2) is 15.8 Å². The van der Waals surface area contributed by atoms with E-state index in [2.05, 4.69) is 16.7 Å². The molecule has 1 aliphatic rings. The average Bonchev–Trinajstić information content (AvgIpc) is 2.56. The Morgan fingerprint density at radius 3 is 3.13 bits per heavy atom. The minimum atomic E-state index is -0.194. The van der Waals surface area contributed by atoms with E-state index in [1.165, 1.54) is 11.1 Å². The van der Waals surface area contributed by atoms with Gasteiger partial charge in [-0.2, -0.15) is 0 Å². The lowest BCUT2D eigenvalue weighted by Gasteiger charge is -2.20. The Morgan fingerprint density at radius 1 is 1.40 bits per heavy atom. The first kappa shape index (κ1) is 9.25. The summed E-state index contributed by atoms with van der Waals surface area (Å²) in [5.74, 6) is 0. The van der Waals surface area contributed by atoms with Crippen LogP contribution in [0.5, 0.6) is 0 Å². The third-order valence-electron chi connectivity index (χ3n) is 3.09. The maximum atomic E-state index is 9.60. The van der Waals surface area contributed by atoms with E-state index < -0.39 is 0 Å². The molecule has 0 spiro atoms. The highest BCUT2D eigenvalue weighted by molar-refractivity contribution is 6.35. The highest BCUT2D eigenvalue weighted by atomic mass is 35.5. The fourth-order valence-electron chi connectivity index (χ4n) is 2.38. The molecule has 1 N–H and O–H groups in total. The number of aliphatic hydroxyl groups excluding tert-OH is 1. The molecule has 3 heteroatoms. The lowest BCUT2D eigenvalue weighted by atomic mass is 10.1. The molecule has 0 fully saturated rings. The molecule has 1 aliphatic heterocycles. The molecule has 15 heavy (non-hydrogen) atoms. The van der Waals surface area contributed by atoms with Crippen molar-refractivity contribution in [2.75, 3.05) is 0 Å². The van der Waals surface area contributed by atoms with Crippen molar-refractivity contribution in [3.8, 4) is 0 Å². The highest BCUT2D eigenvalue weighted by Gasteiger charge is 2.19. The second-order valence-electron chi connectivity index (χ2n) is 4.11. The number of aliphatic hydroxyl groups is 1. The molecule has 0 saturated heterocycles. The molecular weight excluding hydrogens is 210 g/mol. The Balaban J connectivity index is 2.29. The number of aromatic nitrogens is 1. The first-order chi connectivity index (χ1) is 7.25. The number of hydrogen-bond donors (Lipinski definition) is 1. The molecular formula is C12H12ClNO. The van der Waals surface area contributed by atoms with Gasteiger partial charge in [-0.25, -0.2) is 0 Å². The second-order valence-corrected chi connectivity index (χ2v) is 4.52. The Kier molecular flexibility index (Phi) is 2.01. The number of hydrogen-bond acceptors (Lipinski definition) is 1. The summed E-state index contributed by atoms with van der Waals surface area (Å²) >= 11 is 6.19. The minimum absolute atomic E-state index is 0.194. The zero-order valence-corrected chi connectivity index (χ0v) is 9.04. The zero-order valence-electron chi connectivity index (χ0n) is 8.28. The van der Waals surface area contributed by atoms with Gasteiger partial charge in [-0.3, -0.25) is 0 Å². The van der Waals surface area contributed by atoms with Gasteiger partial charge in [-0.05, 0) is 18.6 Å². The number of para-hydroxylation sites is 1. The molecule has 0 saturated carbocycles. The maximum absolute atomic E-state index is 9.60. The van der Waals surface area contributed by atoms with Crippen LogP contribution in [0.2, 0.25) is 5.02 Å². The lowest BCUT2D eigenvalue weighted by Crippen LogP contribution is -2.22. The van der Waals surface area contributed by atoms with Gasteiger partial charge in [0.25, 0.3) is 0 Å². The van der Waals surface area contributed by atoms with Gasteiger partial charge >= 0.3 is 0 Å². The van der Waals surface area contributed by atoms with Crippen molar-refractivity contribution >= 4 is 22.5 Å². The van der Waals surface area contributed by atoms with E-state index in [0.717, 1.165) is 29.9 Å². The summed E-state index contributed by atoms with van der Waals surface area (Å²) in [6, 6.07) is 8.08. The van der Waals surface area contributed by atoms with E-state index in [0.29, 0.717) is 0 Å². The predicted molar refractivity (Wildman–Crippen MR) is 61.3 cm³/mol. The first-order valence-corrected chi connectivity index (χ1v) is 5.58. The fraction of sp³-hybridized carbons (Fsp3) is 0.333. The normalized spacial score (nSPS) is 20.5. The van der Waals surface area contributed by atoms with Gasteiger partial charge in [0.1, 0.15) is 0 Å². The summed E-state index contributed by atoms with van der Waals surface area (Å²) in [7, 11) is 0. The third-order valence-corrected chi connectivity index (χ3v) is 3.39. The van der Waals surface area contributed by atoms with Crippen LogP contribution < -0.4 is 0 Å². The van der Waals surface area contributed by atoms with Crippen LogP contribution in [0, 0.1) is 0 Å². The number of aryl methyl sites for hydroxylation is 1. The molecule has 78 valence electrons. The second kappa shape index (κ2) is 3.26. The lowest BCUT2D eigenvalue weighted by molar-refractivity contribution is 0.144. The average molecular weight is 222 g/mol. The predicted octanol–water partition coefficient (Wildman–Crippen LogP) is 2.60. The topological polar surface area (TPSA) is 25.2 Å². The van der Waals surface area contributed by atoms with E-state index in [9.17, 15) is 5.11 Å². The molecule has 2 heterocycles. The van der Waals surface area contributed by atoms with Crippen molar-refractivity contribution in [1.82, 2.24) is 4.57 Å². The van der Waals surface area contributed by atoms with Crippen LogP contribution in [0.25, 0.3) is 10.9 Å². The van der Waals surface area contributed by atoms with Gasteiger partial charge in [0, 0.05) is 24.0 Å². The van der Waals surface area contributed by atoms with Crippen molar-refractivity contribution in [3.63, 3.8) is 0 Å². The number of rotatable bonds is 0. The van der Waals surface area contributed by atoms with E-state index in [1.807, 2.05) is 12.1 Å². The standard InChI is InChI=1S/C12H12ClNO/c13-11-3-1-2-8-6-9-7-10(15)4-5-14(9)12(8)11/h1-3,6,10,15H,4-5,7H2. The van der Waals surface area contributed by atoms with Gasteiger partial charge in [-0.15, -0.1) is 0 Å². The number of fused-ring (bicyclic) bond motifs is 3. The van der Waals surface area contributed by atoms with Crippen LogP contribution in [-0.2, 0) is 13.0 Å². The summed E-state index contributed by atoms with van der Waals surface area (Å²) < 4.78 is 2.23. The molecule has 0 amide bonds. The van der Waals surface area contributed by atoms with E-state index in [1.54, 1.807) is 0 Å². The summed E-state index contributed by atoms with van der Waals surface area (Å²) in [5.41, 5.74) is 2.30. The van der Waals surface area contributed by atoms with Crippen molar-refractivity contribution in [1.29, 1.82) is 0 Å². The van der Waals surface area contributed by atoms with Crippen LogP contribution in [0.3, 0.4) is 0 Å². The Labute approximate surface area is 93.1 Å². The molecule has 0 radical (unpaired) electrons. The van der Waals surface area contributed by atoms with E-state index in [-0.39, 0.29) is 6.10 Å². The van der Waals surface area contributed by atoms with Gasteiger partial charge in [0.05, 0.1) is 16.6 Å². The smallest absolute Gasteiger partial charge is 0.0671 e. The molecule has 3 rings (SSSR count). The van der Waals surface area contributed by atoms with Crippen LogP contribution in [0.15, 0.2) is 24.3 Å². The molecule has 0 bridgehead atoms. The van der Waals surface area contributed by atoms with E-state index >= 15 is 0 Å². The minimum Gasteiger partial charge on any atom is -0.393 e. The van der Waals surface area contributed by atoms with Gasteiger partial charge in [0.15, 0.2) is 0 Å². The van der Waals surface area contributed by atoms with Gasteiger partial charge in [-0.1, -0.05) is 23.7 Å². The Hall–Kier alpha value is -0.990. The summed E-state index contributed by atoms with van der Waals surface area (Å²) in [6.07, 6.45) is 1.37. The molecule has 1 unspecified atom stereocenters. The van der Waals surface area contributed by atoms with Crippen molar-refractivity contribution < 1.29 is 5.11 Å². The van der Waals surface area contributed by atoms with E-state index in [4.69, 9.17) is 11.6 Å². The van der Waals surface area contributed by atoms with Crippen LogP contribution in [0.1, 0.15) is 12.1 Å². The summed E-state index contributed by atoms with van der Waals surface area (Å²) in [6.45, 7) is 0.865. The van der Waals surface area contributed by atoms with Crippen molar-refractivity contribution in [3.05, 3.63) is 35.0 Å². The SMILES string of the molecule is OC1CCn2c(cc3cccc(Cl)c32)C1. The van der Waals surface area contributed by atoms with Crippen molar-refractivity contribution in [2.45, 2.75) is 25.5 Å². The number of halogens is 1.